The van der Waals surface area contributed by atoms with E-state index in [9.17, 15) is 4.79 Å². The molecule has 20 heavy (non-hydrogen) atoms. The number of hydrogen-bond acceptors (Lipinski definition) is 1. The molecule has 0 aromatic heterocycles. The van der Waals surface area contributed by atoms with Crippen molar-refractivity contribution in [2.45, 2.75) is 58.3 Å². The molecule has 0 heterocycles. The predicted molar refractivity (Wildman–Crippen MR) is 86.8 cm³/mol. The molecule has 0 aliphatic heterocycles. The van der Waals surface area contributed by atoms with E-state index in [1.54, 1.807) is 0 Å². The van der Waals surface area contributed by atoms with E-state index in [0.29, 0.717) is 6.42 Å². The van der Waals surface area contributed by atoms with E-state index in [0.717, 1.165) is 38.5 Å². The van der Waals surface area contributed by atoms with Crippen LogP contribution in [0.5, 0.6) is 0 Å². The average molecular weight is 276 g/mol. The van der Waals surface area contributed by atoms with Crippen LogP contribution in [-0.4, -0.2) is 11.1 Å². The molecule has 0 aromatic rings. The average Bonchev–Trinajstić information content (AvgIpc) is 2.43. The van der Waals surface area contributed by atoms with E-state index in [4.69, 9.17) is 5.11 Å². The Bertz CT molecular complexity index is 335. The van der Waals surface area contributed by atoms with Gasteiger partial charge in [0.05, 0.1) is 0 Å². The second-order valence-corrected chi connectivity index (χ2v) is 4.62. The third-order valence-corrected chi connectivity index (χ3v) is 2.70. The molecule has 0 spiro atoms. The zero-order valence-corrected chi connectivity index (χ0v) is 12.6. The Labute approximate surface area is 123 Å². The fraction of sp³-hybridized carbons (Fsp3) is 0.500. The highest BCUT2D eigenvalue weighted by Gasteiger charge is 1.90. The molecule has 0 aromatic carbocycles. The molecule has 1 N–H and O–H groups in total. The van der Waals surface area contributed by atoms with Crippen molar-refractivity contribution >= 4 is 5.97 Å². The summed E-state index contributed by atoms with van der Waals surface area (Å²) in [6.45, 7) is 2.15. The van der Waals surface area contributed by atoms with Gasteiger partial charge in [0.1, 0.15) is 0 Å². The predicted octanol–water partition coefficient (Wildman–Crippen LogP) is 5.44. The van der Waals surface area contributed by atoms with Crippen molar-refractivity contribution in [3.63, 3.8) is 0 Å². The Kier molecular flexibility index (Phi) is 14.3. The van der Waals surface area contributed by atoms with Gasteiger partial charge in [0.25, 0.3) is 0 Å². The third-order valence-electron chi connectivity index (χ3n) is 2.70. The van der Waals surface area contributed by atoms with Gasteiger partial charge in [-0.1, -0.05) is 55.5 Å². The van der Waals surface area contributed by atoms with E-state index in [-0.39, 0.29) is 6.42 Å². The van der Waals surface area contributed by atoms with Gasteiger partial charge in [-0.15, -0.1) is 0 Å². The maximum absolute atomic E-state index is 10.3. The zero-order valence-electron chi connectivity index (χ0n) is 12.6. The van der Waals surface area contributed by atoms with E-state index >= 15 is 0 Å². The monoisotopic (exact) mass is 276 g/mol. The molecule has 0 saturated heterocycles. The fourth-order valence-electron chi connectivity index (χ4n) is 1.62. The zero-order chi connectivity index (χ0) is 14.9. The molecule has 0 bridgehead atoms. The van der Waals surface area contributed by atoms with Crippen LogP contribution in [0.15, 0.2) is 48.6 Å². The van der Waals surface area contributed by atoms with Crippen LogP contribution in [0.2, 0.25) is 0 Å². The van der Waals surface area contributed by atoms with Crippen molar-refractivity contribution in [2.75, 3.05) is 0 Å². The summed E-state index contributed by atoms with van der Waals surface area (Å²) in [6, 6.07) is 0. The standard InChI is InChI=1S/C18H28O2/c1-2-3-4-5-6-7-8-9-10-11-12-13-14-15-16-17-18(19)20/h3-4,7-8,10-11,14-15H,2,5-6,9,12-13,16-17H2,1H3,(H,19,20)/b4-3+,8-7+,11-10+,15-14+. The molecule has 0 fully saturated rings. The van der Waals surface area contributed by atoms with Gasteiger partial charge in [0.15, 0.2) is 0 Å². The van der Waals surface area contributed by atoms with Crippen LogP contribution < -0.4 is 0 Å². The molecule has 0 atom stereocenters. The molecule has 0 amide bonds. The summed E-state index contributed by atoms with van der Waals surface area (Å²) in [7, 11) is 0. The van der Waals surface area contributed by atoms with Crippen molar-refractivity contribution in [1.82, 2.24) is 0 Å². The molecule has 2 heteroatoms. The summed E-state index contributed by atoms with van der Waals surface area (Å²) in [4.78, 5) is 10.3. The van der Waals surface area contributed by atoms with Gasteiger partial charge in [-0.25, -0.2) is 0 Å². The van der Waals surface area contributed by atoms with Crippen molar-refractivity contribution < 1.29 is 9.90 Å². The number of aliphatic carboxylic acids is 1. The summed E-state index contributed by atoms with van der Waals surface area (Å²) in [5.74, 6) is -0.730. The fourth-order valence-corrected chi connectivity index (χ4v) is 1.62. The molecule has 0 aliphatic carbocycles. The van der Waals surface area contributed by atoms with E-state index in [2.05, 4.69) is 49.5 Å². The van der Waals surface area contributed by atoms with Gasteiger partial charge in [-0.05, 0) is 44.9 Å². The summed E-state index contributed by atoms with van der Waals surface area (Å²) < 4.78 is 0. The van der Waals surface area contributed by atoms with E-state index in [1.165, 1.54) is 0 Å². The van der Waals surface area contributed by atoms with Crippen molar-refractivity contribution in [2.24, 2.45) is 0 Å². The van der Waals surface area contributed by atoms with Gasteiger partial charge in [-0.3, -0.25) is 4.79 Å². The topological polar surface area (TPSA) is 37.3 Å². The number of rotatable bonds is 12. The Balaban J connectivity index is 3.37. The first kappa shape index (κ1) is 18.4. The van der Waals surface area contributed by atoms with Crippen molar-refractivity contribution in [3.05, 3.63) is 48.6 Å². The van der Waals surface area contributed by atoms with Crippen molar-refractivity contribution in [3.8, 4) is 0 Å². The minimum absolute atomic E-state index is 0.227. The number of carboxylic acids is 1. The molecule has 112 valence electrons. The second-order valence-electron chi connectivity index (χ2n) is 4.62. The normalized spacial score (nSPS) is 12.4. The highest BCUT2D eigenvalue weighted by molar-refractivity contribution is 5.66. The lowest BCUT2D eigenvalue weighted by Crippen LogP contribution is -1.91. The Morgan fingerprint density at radius 1 is 0.750 bits per heavy atom. The molecule has 0 unspecified atom stereocenters. The van der Waals surface area contributed by atoms with Crippen LogP contribution >= 0.6 is 0 Å². The summed E-state index contributed by atoms with van der Waals surface area (Å²) in [5.41, 5.74) is 0. The van der Waals surface area contributed by atoms with Crippen LogP contribution in [0, 0.1) is 0 Å². The third kappa shape index (κ3) is 16.4. The lowest BCUT2D eigenvalue weighted by Gasteiger charge is -1.89. The van der Waals surface area contributed by atoms with Crippen LogP contribution in [-0.2, 0) is 4.79 Å². The van der Waals surface area contributed by atoms with Gasteiger partial charge >= 0.3 is 5.97 Å². The number of unbranched alkanes of at least 4 members (excludes halogenated alkanes) is 2. The Hall–Kier alpha value is -1.57. The molecule has 0 rings (SSSR count). The smallest absolute Gasteiger partial charge is 0.303 e. The molecular formula is C18H28O2. The SMILES string of the molecule is CC/C=C/CC/C=C/C/C=C/CC/C=C/CCC(=O)O. The highest BCUT2D eigenvalue weighted by atomic mass is 16.4. The first-order valence-corrected chi connectivity index (χ1v) is 7.59. The maximum Gasteiger partial charge on any atom is 0.303 e. The van der Waals surface area contributed by atoms with Gasteiger partial charge < -0.3 is 5.11 Å². The van der Waals surface area contributed by atoms with Gasteiger partial charge in [-0.2, -0.15) is 0 Å². The summed E-state index contributed by atoms with van der Waals surface area (Å²) >= 11 is 0. The maximum atomic E-state index is 10.3. The minimum atomic E-state index is -0.730. The van der Waals surface area contributed by atoms with Crippen LogP contribution in [0.4, 0.5) is 0 Å². The highest BCUT2D eigenvalue weighted by Crippen LogP contribution is 1.99. The first-order valence-electron chi connectivity index (χ1n) is 7.59. The largest absolute Gasteiger partial charge is 0.481 e. The lowest BCUT2D eigenvalue weighted by molar-refractivity contribution is -0.136. The van der Waals surface area contributed by atoms with Crippen LogP contribution in [0.1, 0.15) is 58.3 Å². The van der Waals surface area contributed by atoms with Crippen molar-refractivity contribution in [1.29, 1.82) is 0 Å². The van der Waals surface area contributed by atoms with Crippen LogP contribution in [0.25, 0.3) is 0 Å². The summed E-state index contributed by atoms with van der Waals surface area (Å²) in [5, 5.41) is 8.46. The first-order chi connectivity index (χ1) is 9.77. The Morgan fingerprint density at radius 2 is 1.20 bits per heavy atom. The number of hydrogen-bond donors (Lipinski definition) is 1. The van der Waals surface area contributed by atoms with E-state index in [1.807, 2.05) is 6.08 Å². The molecular weight excluding hydrogens is 248 g/mol. The van der Waals surface area contributed by atoms with Gasteiger partial charge in [0.2, 0.25) is 0 Å². The van der Waals surface area contributed by atoms with Gasteiger partial charge in [0, 0.05) is 6.42 Å². The quantitative estimate of drug-likeness (QED) is 0.381. The number of carbonyl (C=O) groups is 1. The Morgan fingerprint density at radius 3 is 1.70 bits per heavy atom. The molecule has 0 aliphatic rings. The second kappa shape index (κ2) is 15.5. The number of allylic oxidation sites excluding steroid dienone is 8. The van der Waals surface area contributed by atoms with Crippen LogP contribution in [0.3, 0.4) is 0 Å². The molecule has 2 nitrogen and oxygen atoms in total. The summed E-state index contributed by atoms with van der Waals surface area (Å²) in [6.07, 6.45) is 24.5. The van der Waals surface area contributed by atoms with E-state index < -0.39 is 5.97 Å². The molecule has 0 saturated carbocycles. The minimum Gasteiger partial charge on any atom is -0.481 e. The lowest BCUT2D eigenvalue weighted by atomic mass is 10.2. The number of carboxylic acid groups (broad SMARTS) is 1. The molecule has 0 radical (unpaired) electrons.